The number of primary amides is 1. The first-order valence-corrected chi connectivity index (χ1v) is 7.07. The van der Waals surface area contributed by atoms with Crippen molar-refractivity contribution in [1.29, 1.82) is 0 Å². The summed E-state index contributed by atoms with van der Waals surface area (Å²) in [7, 11) is 0. The van der Waals surface area contributed by atoms with Crippen molar-refractivity contribution in [3.63, 3.8) is 0 Å². The third kappa shape index (κ3) is 2.95. The molecule has 2 aromatic carbocycles. The van der Waals surface area contributed by atoms with E-state index in [4.69, 9.17) is 15.2 Å². The minimum atomic E-state index is -1.02. The van der Waals surface area contributed by atoms with Crippen molar-refractivity contribution in [3.8, 4) is 11.5 Å². The zero-order valence-corrected chi connectivity index (χ0v) is 12.4. The second-order valence-corrected chi connectivity index (χ2v) is 5.20. The van der Waals surface area contributed by atoms with Crippen LogP contribution in [0.3, 0.4) is 0 Å². The van der Waals surface area contributed by atoms with Crippen LogP contribution in [-0.2, 0) is 6.61 Å². The summed E-state index contributed by atoms with van der Waals surface area (Å²) >= 11 is 0. The van der Waals surface area contributed by atoms with E-state index in [9.17, 15) is 18.8 Å². The van der Waals surface area contributed by atoms with Gasteiger partial charge in [-0.1, -0.05) is 6.07 Å². The fourth-order valence-electron chi connectivity index (χ4n) is 2.45. The van der Waals surface area contributed by atoms with E-state index in [1.807, 2.05) is 0 Å². The molecular formula is C16H14F2N2O4. The largest absolute Gasteiger partial charge is 0.491 e. The number of halogens is 2. The van der Waals surface area contributed by atoms with Crippen LogP contribution in [0.25, 0.3) is 0 Å². The van der Waals surface area contributed by atoms with Crippen molar-refractivity contribution in [1.82, 2.24) is 5.06 Å². The standard InChI is InChI=1S/C16H14F2N2O4/c17-12-2-1-3-13(18)11(12)7-23-9-4-5-15-10(6-9)14(8-24-15)20(22)16(19)21/h1-6,14,22H,7-8H2,(H2,19,21). The quantitative estimate of drug-likeness (QED) is 0.664. The smallest absolute Gasteiger partial charge is 0.339 e. The Hall–Kier alpha value is -2.87. The van der Waals surface area contributed by atoms with Crippen molar-refractivity contribution in [2.45, 2.75) is 12.6 Å². The molecule has 0 bridgehead atoms. The molecule has 1 aliphatic heterocycles. The van der Waals surface area contributed by atoms with Crippen molar-refractivity contribution < 1.29 is 28.3 Å². The Labute approximate surface area is 136 Å². The summed E-state index contributed by atoms with van der Waals surface area (Å²) in [6, 6.07) is 6.43. The molecule has 0 fully saturated rings. The molecule has 3 N–H and O–H groups in total. The lowest BCUT2D eigenvalue weighted by molar-refractivity contribution is -0.0798. The monoisotopic (exact) mass is 336 g/mol. The normalized spacial score (nSPS) is 15.5. The highest BCUT2D eigenvalue weighted by Crippen LogP contribution is 2.37. The number of nitrogens with two attached hydrogens (primary N) is 1. The number of fused-ring (bicyclic) bond motifs is 1. The number of hydrogen-bond acceptors (Lipinski definition) is 4. The molecule has 2 amide bonds. The number of ether oxygens (including phenoxy) is 2. The lowest BCUT2D eigenvalue weighted by atomic mass is 10.1. The van der Waals surface area contributed by atoms with E-state index in [1.54, 1.807) is 12.1 Å². The SMILES string of the molecule is NC(=O)N(O)C1COc2ccc(OCc3c(F)cccc3F)cc21. The van der Waals surface area contributed by atoms with Gasteiger partial charge in [0.05, 0.1) is 5.56 Å². The average Bonchev–Trinajstić information content (AvgIpc) is 2.96. The summed E-state index contributed by atoms with van der Waals surface area (Å²) in [6.07, 6.45) is 0. The Bertz CT molecular complexity index is 764. The van der Waals surface area contributed by atoms with Crippen LogP contribution in [0.1, 0.15) is 17.2 Å². The predicted molar refractivity (Wildman–Crippen MR) is 78.6 cm³/mol. The molecule has 0 aromatic heterocycles. The average molecular weight is 336 g/mol. The molecule has 0 spiro atoms. The number of carbonyl (C=O) groups is 1. The number of urea groups is 1. The van der Waals surface area contributed by atoms with Gasteiger partial charge in [0.15, 0.2) is 0 Å². The number of carbonyl (C=O) groups excluding carboxylic acids is 1. The van der Waals surface area contributed by atoms with Gasteiger partial charge in [0.1, 0.15) is 42.4 Å². The third-order valence-corrected chi connectivity index (χ3v) is 3.70. The van der Waals surface area contributed by atoms with Crippen molar-refractivity contribution in [2.75, 3.05) is 6.61 Å². The Morgan fingerprint density at radius 2 is 2.04 bits per heavy atom. The summed E-state index contributed by atoms with van der Waals surface area (Å²) in [5.41, 5.74) is 5.35. The van der Waals surface area contributed by atoms with Gasteiger partial charge in [-0.25, -0.2) is 13.6 Å². The summed E-state index contributed by atoms with van der Waals surface area (Å²) in [5.74, 6) is -0.630. The van der Waals surface area contributed by atoms with Gasteiger partial charge in [0.25, 0.3) is 0 Å². The Balaban J connectivity index is 1.79. The molecule has 1 aliphatic rings. The predicted octanol–water partition coefficient (Wildman–Crippen LogP) is 2.75. The van der Waals surface area contributed by atoms with Crippen LogP contribution in [0.15, 0.2) is 36.4 Å². The molecule has 0 aliphatic carbocycles. The van der Waals surface area contributed by atoms with Crippen LogP contribution >= 0.6 is 0 Å². The Morgan fingerprint density at radius 3 is 2.71 bits per heavy atom. The second kappa shape index (κ2) is 6.32. The van der Waals surface area contributed by atoms with Crippen molar-refractivity contribution in [3.05, 3.63) is 59.2 Å². The molecule has 0 saturated heterocycles. The van der Waals surface area contributed by atoms with Gasteiger partial charge in [-0.2, -0.15) is 5.06 Å². The molecule has 6 nitrogen and oxygen atoms in total. The zero-order chi connectivity index (χ0) is 17.3. The fraction of sp³-hybridized carbons (Fsp3) is 0.188. The first-order chi connectivity index (χ1) is 11.5. The van der Waals surface area contributed by atoms with E-state index in [0.29, 0.717) is 22.1 Å². The molecule has 8 heteroatoms. The maximum absolute atomic E-state index is 13.6. The number of benzene rings is 2. The number of amides is 2. The lowest BCUT2D eigenvalue weighted by Crippen LogP contribution is -2.36. The van der Waals surface area contributed by atoms with Crippen LogP contribution in [0.4, 0.5) is 13.6 Å². The first-order valence-electron chi connectivity index (χ1n) is 7.07. The highest BCUT2D eigenvalue weighted by Gasteiger charge is 2.31. The van der Waals surface area contributed by atoms with E-state index in [0.717, 1.165) is 12.1 Å². The molecule has 0 radical (unpaired) electrons. The lowest BCUT2D eigenvalue weighted by Gasteiger charge is -2.19. The Morgan fingerprint density at radius 1 is 1.33 bits per heavy atom. The highest BCUT2D eigenvalue weighted by atomic mass is 19.1. The number of hydroxylamine groups is 2. The van der Waals surface area contributed by atoms with E-state index >= 15 is 0 Å². The van der Waals surface area contributed by atoms with Crippen LogP contribution in [0.2, 0.25) is 0 Å². The van der Waals surface area contributed by atoms with Crippen molar-refractivity contribution in [2.24, 2.45) is 5.73 Å². The summed E-state index contributed by atoms with van der Waals surface area (Å²) < 4.78 is 38.0. The van der Waals surface area contributed by atoms with Crippen LogP contribution in [-0.4, -0.2) is 22.9 Å². The van der Waals surface area contributed by atoms with Gasteiger partial charge < -0.3 is 15.2 Å². The summed E-state index contributed by atoms with van der Waals surface area (Å²) in [5, 5.41) is 10.1. The minimum Gasteiger partial charge on any atom is -0.491 e. The van der Waals surface area contributed by atoms with Crippen LogP contribution < -0.4 is 15.2 Å². The molecule has 24 heavy (non-hydrogen) atoms. The maximum Gasteiger partial charge on any atom is 0.339 e. The fourth-order valence-corrected chi connectivity index (χ4v) is 2.45. The summed E-state index contributed by atoms with van der Waals surface area (Å²) in [6.45, 7) is -0.262. The highest BCUT2D eigenvalue weighted by molar-refractivity contribution is 5.71. The molecule has 2 aromatic rings. The van der Waals surface area contributed by atoms with Gasteiger partial charge in [0, 0.05) is 5.56 Å². The molecular weight excluding hydrogens is 322 g/mol. The van der Waals surface area contributed by atoms with Gasteiger partial charge in [-0.3, -0.25) is 5.21 Å². The van der Waals surface area contributed by atoms with Gasteiger partial charge in [-0.05, 0) is 30.3 Å². The molecule has 1 atom stereocenters. The van der Waals surface area contributed by atoms with E-state index in [-0.39, 0.29) is 18.8 Å². The first kappa shape index (κ1) is 16.0. The minimum absolute atomic E-state index is 0.0418. The van der Waals surface area contributed by atoms with Gasteiger partial charge in [-0.15, -0.1) is 0 Å². The summed E-state index contributed by atoms with van der Waals surface area (Å²) in [4.78, 5) is 11.1. The second-order valence-electron chi connectivity index (χ2n) is 5.20. The van der Waals surface area contributed by atoms with Crippen LogP contribution in [0, 0.1) is 11.6 Å². The molecule has 1 unspecified atom stereocenters. The topological polar surface area (TPSA) is 85.0 Å². The van der Waals surface area contributed by atoms with Crippen molar-refractivity contribution >= 4 is 6.03 Å². The zero-order valence-electron chi connectivity index (χ0n) is 12.4. The Kier molecular flexibility index (Phi) is 4.22. The number of nitrogens with zero attached hydrogens (tertiary/aromatic N) is 1. The van der Waals surface area contributed by atoms with Crippen LogP contribution in [0.5, 0.6) is 11.5 Å². The molecule has 126 valence electrons. The molecule has 0 saturated carbocycles. The van der Waals surface area contributed by atoms with E-state index < -0.39 is 23.7 Å². The van der Waals surface area contributed by atoms with Gasteiger partial charge in [0.2, 0.25) is 0 Å². The third-order valence-electron chi connectivity index (χ3n) is 3.70. The number of rotatable bonds is 4. The van der Waals surface area contributed by atoms with E-state index in [2.05, 4.69) is 0 Å². The van der Waals surface area contributed by atoms with Gasteiger partial charge >= 0.3 is 6.03 Å². The maximum atomic E-state index is 13.6. The molecule has 1 heterocycles. The molecule has 3 rings (SSSR count). The van der Waals surface area contributed by atoms with E-state index in [1.165, 1.54) is 12.1 Å². The number of hydrogen-bond donors (Lipinski definition) is 2.